The van der Waals surface area contributed by atoms with Crippen molar-refractivity contribution in [3.8, 4) is 0 Å². The molecule has 1 N–H and O–H groups in total. The normalized spacial score (nSPS) is 25.5. The molecule has 84 valence electrons. The zero-order chi connectivity index (χ0) is 10.7. The second-order valence-electron chi connectivity index (χ2n) is 4.79. The predicted molar refractivity (Wildman–Crippen MR) is 65.2 cm³/mol. The molecule has 2 atom stereocenters. The first kappa shape index (κ1) is 11.1. The van der Waals surface area contributed by atoms with E-state index in [-0.39, 0.29) is 0 Å². The lowest BCUT2D eigenvalue weighted by Gasteiger charge is -2.37. The molecule has 0 bridgehead atoms. The summed E-state index contributed by atoms with van der Waals surface area (Å²) in [5.41, 5.74) is 0. The summed E-state index contributed by atoms with van der Waals surface area (Å²) in [5, 5.41) is 6.93. The topological polar surface area (TPSA) is 24.9 Å². The number of hydrogen-bond acceptors (Lipinski definition) is 3. The van der Waals surface area contributed by atoms with E-state index in [2.05, 4.69) is 29.5 Å². The molecule has 0 aliphatic heterocycles. The Hall–Kier alpha value is -0.410. The molecule has 1 heterocycles. The summed E-state index contributed by atoms with van der Waals surface area (Å²) < 4.78 is 0. The van der Waals surface area contributed by atoms with E-state index in [4.69, 9.17) is 0 Å². The van der Waals surface area contributed by atoms with Crippen molar-refractivity contribution in [1.82, 2.24) is 10.3 Å². The van der Waals surface area contributed by atoms with Crippen molar-refractivity contribution >= 4 is 11.3 Å². The van der Waals surface area contributed by atoms with E-state index in [0.717, 1.165) is 11.8 Å². The molecule has 0 spiro atoms. The molecule has 0 amide bonds. The zero-order valence-corrected chi connectivity index (χ0v) is 10.4. The van der Waals surface area contributed by atoms with Gasteiger partial charge in [-0.1, -0.05) is 13.8 Å². The van der Waals surface area contributed by atoms with E-state index in [1.165, 1.54) is 30.8 Å². The van der Waals surface area contributed by atoms with Crippen molar-refractivity contribution in [2.75, 3.05) is 6.54 Å². The van der Waals surface area contributed by atoms with Gasteiger partial charge in [0, 0.05) is 24.0 Å². The molecule has 2 rings (SSSR count). The Morgan fingerprint density at radius 3 is 2.80 bits per heavy atom. The van der Waals surface area contributed by atoms with E-state index in [1.54, 1.807) is 11.3 Å². The van der Waals surface area contributed by atoms with Gasteiger partial charge in [0.05, 0.1) is 5.01 Å². The second kappa shape index (κ2) is 5.08. The van der Waals surface area contributed by atoms with Gasteiger partial charge in [0.1, 0.15) is 0 Å². The van der Waals surface area contributed by atoms with Gasteiger partial charge in [-0.25, -0.2) is 4.98 Å². The number of aromatic nitrogens is 1. The van der Waals surface area contributed by atoms with Crippen molar-refractivity contribution in [2.45, 2.75) is 39.2 Å². The number of nitrogens with one attached hydrogen (secondary N) is 1. The third-order valence-corrected chi connectivity index (χ3v) is 4.09. The van der Waals surface area contributed by atoms with Crippen LogP contribution in [0.1, 0.15) is 31.7 Å². The summed E-state index contributed by atoms with van der Waals surface area (Å²) >= 11 is 1.80. The molecular weight excluding hydrogens is 204 g/mol. The SMILES string of the molecule is CC(C)NCC1CCC1Cc1nccs1. The molecule has 1 aliphatic carbocycles. The van der Waals surface area contributed by atoms with E-state index in [9.17, 15) is 0 Å². The molecule has 1 aromatic heterocycles. The number of nitrogens with zero attached hydrogens (tertiary/aromatic N) is 1. The van der Waals surface area contributed by atoms with E-state index in [1.807, 2.05) is 6.20 Å². The van der Waals surface area contributed by atoms with Gasteiger partial charge in [0.25, 0.3) is 0 Å². The maximum Gasteiger partial charge on any atom is 0.0927 e. The highest BCUT2D eigenvalue weighted by atomic mass is 32.1. The summed E-state index contributed by atoms with van der Waals surface area (Å²) in [6.45, 7) is 5.62. The van der Waals surface area contributed by atoms with Crippen LogP contribution in [0.3, 0.4) is 0 Å². The average molecular weight is 224 g/mol. The minimum absolute atomic E-state index is 0.617. The predicted octanol–water partition coefficient (Wildman–Crippen LogP) is 2.71. The fraction of sp³-hybridized carbons (Fsp3) is 0.750. The summed E-state index contributed by atoms with van der Waals surface area (Å²) in [6, 6.07) is 0.617. The highest BCUT2D eigenvalue weighted by Crippen LogP contribution is 2.36. The number of rotatable bonds is 5. The van der Waals surface area contributed by atoms with Crippen molar-refractivity contribution < 1.29 is 0 Å². The van der Waals surface area contributed by atoms with Crippen LogP contribution in [0.15, 0.2) is 11.6 Å². The molecule has 2 unspecified atom stereocenters. The molecule has 0 saturated heterocycles. The minimum Gasteiger partial charge on any atom is -0.314 e. The Morgan fingerprint density at radius 1 is 1.47 bits per heavy atom. The Labute approximate surface area is 96.1 Å². The molecule has 0 radical (unpaired) electrons. The van der Waals surface area contributed by atoms with Gasteiger partial charge in [-0.2, -0.15) is 0 Å². The highest BCUT2D eigenvalue weighted by Gasteiger charge is 2.30. The summed E-state index contributed by atoms with van der Waals surface area (Å²) in [4.78, 5) is 4.37. The summed E-state index contributed by atoms with van der Waals surface area (Å²) in [6.07, 6.45) is 5.90. The van der Waals surface area contributed by atoms with Crippen LogP contribution in [-0.2, 0) is 6.42 Å². The Bertz CT molecular complexity index is 282. The van der Waals surface area contributed by atoms with Gasteiger partial charge in [0.15, 0.2) is 0 Å². The molecule has 1 saturated carbocycles. The Balaban J connectivity index is 1.74. The third-order valence-electron chi connectivity index (χ3n) is 3.28. The van der Waals surface area contributed by atoms with Crippen LogP contribution >= 0.6 is 11.3 Å². The zero-order valence-electron chi connectivity index (χ0n) is 9.57. The second-order valence-corrected chi connectivity index (χ2v) is 5.77. The van der Waals surface area contributed by atoms with Gasteiger partial charge in [-0.15, -0.1) is 11.3 Å². The van der Waals surface area contributed by atoms with Crippen LogP contribution in [0.25, 0.3) is 0 Å². The van der Waals surface area contributed by atoms with Gasteiger partial charge >= 0.3 is 0 Å². The standard InChI is InChI=1S/C12H20N2S/c1-9(2)14-8-11-4-3-10(11)7-12-13-5-6-15-12/h5-6,9-11,14H,3-4,7-8H2,1-2H3. The first-order chi connectivity index (χ1) is 7.25. The first-order valence-electron chi connectivity index (χ1n) is 5.87. The fourth-order valence-corrected chi connectivity index (χ4v) is 2.85. The van der Waals surface area contributed by atoms with Crippen molar-refractivity contribution in [1.29, 1.82) is 0 Å². The lowest BCUT2D eigenvalue weighted by Crippen LogP contribution is -2.38. The lowest BCUT2D eigenvalue weighted by atomic mass is 9.72. The summed E-state index contributed by atoms with van der Waals surface area (Å²) in [7, 11) is 0. The molecular formula is C12H20N2S. The van der Waals surface area contributed by atoms with Crippen LogP contribution < -0.4 is 5.32 Å². The van der Waals surface area contributed by atoms with Crippen molar-refractivity contribution in [2.24, 2.45) is 11.8 Å². The van der Waals surface area contributed by atoms with Crippen LogP contribution in [0, 0.1) is 11.8 Å². The first-order valence-corrected chi connectivity index (χ1v) is 6.75. The summed E-state index contributed by atoms with van der Waals surface area (Å²) in [5.74, 6) is 1.76. The minimum atomic E-state index is 0.617. The Kier molecular flexibility index (Phi) is 3.76. The molecule has 0 aromatic carbocycles. The van der Waals surface area contributed by atoms with Gasteiger partial charge in [-0.3, -0.25) is 0 Å². The molecule has 1 aliphatic rings. The van der Waals surface area contributed by atoms with Crippen LogP contribution in [0.5, 0.6) is 0 Å². The molecule has 2 nitrogen and oxygen atoms in total. The third kappa shape index (κ3) is 3.02. The number of thiazole rings is 1. The van der Waals surface area contributed by atoms with Gasteiger partial charge in [-0.05, 0) is 31.2 Å². The molecule has 1 fully saturated rings. The van der Waals surface area contributed by atoms with Crippen molar-refractivity contribution in [3.05, 3.63) is 16.6 Å². The van der Waals surface area contributed by atoms with E-state index in [0.29, 0.717) is 6.04 Å². The largest absolute Gasteiger partial charge is 0.314 e. The molecule has 3 heteroatoms. The van der Waals surface area contributed by atoms with Crippen LogP contribution in [0.2, 0.25) is 0 Å². The maximum atomic E-state index is 4.37. The average Bonchev–Trinajstić information content (AvgIpc) is 2.64. The van der Waals surface area contributed by atoms with Gasteiger partial charge < -0.3 is 5.32 Å². The van der Waals surface area contributed by atoms with Crippen LogP contribution in [0.4, 0.5) is 0 Å². The monoisotopic (exact) mass is 224 g/mol. The Morgan fingerprint density at radius 2 is 2.27 bits per heavy atom. The fourth-order valence-electron chi connectivity index (χ4n) is 2.14. The van der Waals surface area contributed by atoms with E-state index >= 15 is 0 Å². The lowest BCUT2D eigenvalue weighted by molar-refractivity contribution is 0.167. The highest BCUT2D eigenvalue weighted by molar-refractivity contribution is 7.09. The smallest absolute Gasteiger partial charge is 0.0927 e. The molecule has 15 heavy (non-hydrogen) atoms. The quantitative estimate of drug-likeness (QED) is 0.832. The van der Waals surface area contributed by atoms with Crippen LogP contribution in [-0.4, -0.2) is 17.6 Å². The molecule has 1 aromatic rings. The maximum absolute atomic E-state index is 4.37. The number of hydrogen-bond donors (Lipinski definition) is 1. The van der Waals surface area contributed by atoms with E-state index < -0.39 is 0 Å². The van der Waals surface area contributed by atoms with Gasteiger partial charge in [0.2, 0.25) is 0 Å². The van der Waals surface area contributed by atoms with Crippen molar-refractivity contribution in [3.63, 3.8) is 0 Å².